The van der Waals surface area contributed by atoms with Crippen molar-refractivity contribution < 1.29 is 13.4 Å². The first-order valence-corrected chi connectivity index (χ1v) is 8.20. The van der Waals surface area contributed by atoms with E-state index in [1.54, 1.807) is 55.8 Å². The summed E-state index contributed by atoms with van der Waals surface area (Å²) in [5.74, 6) is 1.10. The van der Waals surface area contributed by atoms with Gasteiger partial charge in [0.25, 0.3) is 0 Å². The number of methoxy groups -OCH3 is 1. The lowest BCUT2D eigenvalue weighted by Crippen LogP contribution is -2.00. The molecule has 1 atom stereocenters. The Bertz CT molecular complexity index is 910. The summed E-state index contributed by atoms with van der Waals surface area (Å²) in [6, 6.07) is 13.7. The molecular formula is C17H14O4S. The number of ether oxygens (including phenoxy) is 1. The molecule has 22 heavy (non-hydrogen) atoms. The van der Waals surface area contributed by atoms with Crippen LogP contribution in [-0.2, 0) is 10.8 Å². The molecule has 3 rings (SSSR count). The molecule has 0 spiro atoms. The van der Waals surface area contributed by atoms with Crippen LogP contribution in [0.5, 0.6) is 5.75 Å². The maximum atomic E-state index is 12.3. The van der Waals surface area contributed by atoms with Crippen LogP contribution in [0.15, 0.2) is 62.6 Å². The van der Waals surface area contributed by atoms with Crippen molar-refractivity contribution in [3.63, 3.8) is 0 Å². The molecule has 0 saturated heterocycles. The molecule has 0 bridgehead atoms. The quantitative estimate of drug-likeness (QED) is 0.745. The van der Waals surface area contributed by atoms with Crippen LogP contribution in [0.3, 0.4) is 0 Å². The minimum atomic E-state index is -1.03. The zero-order valence-corrected chi connectivity index (χ0v) is 13.0. The van der Waals surface area contributed by atoms with Gasteiger partial charge in [-0.05, 0) is 30.3 Å². The topological polar surface area (TPSA) is 56.5 Å². The molecule has 0 aliphatic carbocycles. The van der Waals surface area contributed by atoms with E-state index >= 15 is 0 Å². The molecule has 0 aliphatic heterocycles. The summed E-state index contributed by atoms with van der Waals surface area (Å²) in [7, 11) is 0.522. The van der Waals surface area contributed by atoms with E-state index in [1.165, 1.54) is 6.07 Å². The van der Waals surface area contributed by atoms with Crippen LogP contribution >= 0.6 is 0 Å². The van der Waals surface area contributed by atoms with Gasteiger partial charge in [0.2, 0.25) is 0 Å². The van der Waals surface area contributed by atoms with Gasteiger partial charge in [-0.1, -0.05) is 12.1 Å². The summed E-state index contributed by atoms with van der Waals surface area (Å²) in [6.45, 7) is 0. The van der Waals surface area contributed by atoms with Gasteiger partial charge in [0, 0.05) is 33.6 Å². The third-order valence-corrected chi connectivity index (χ3v) is 4.34. The lowest BCUT2D eigenvalue weighted by molar-refractivity contribution is 0.415. The second kappa shape index (κ2) is 5.77. The van der Waals surface area contributed by atoms with Gasteiger partial charge in [-0.15, -0.1) is 0 Å². The Labute approximate surface area is 129 Å². The number of hydrogen-bond donors (Lipinski definition) is 0. The van der Waals surface area contributed by atoms with E-state index in [2.05, 4.69) is 0 Å². The lowest BCUT2D eigenvalue weighted by Gasteiger charge is -2.05. The first kappa shape index (κ1) is 14.5. The molecule has 0 aliphatic rings. The Hall–Kier alpha value is -2.40. The number of fused-ring (bicyclic) bond motifs is 1. The summed E-state index contributed by atoms with van der Waals surface area (Å²) in [5.41, 5.74) is 1.15. The zero-order chi connectivity index (χ0) is 15.7. The number of hydrogen-bond acceptors (Lipinski definition) is 4. The second-order valence-corrected chi connectivity index (χ2v) is 6.20. The summed E-state index contributed by atoms with van der Waals surface area (Å²) >= 11 is 0. The molecule has 2 aromatic carbocycles. The van der Waals surface area contributed by atoms with Crippen LogP contribution in [0.1, 0.15) is 0 Å². The minimum Gasteiger partial charge on any atom is -0.497 e. The molecule has 0 saturated carbocycles. The fourth-order valence-electron chi connectivity index (χ4n) is 2.22. The Morgan fingerprint density at radius 3 is 2.41 bits per heavy atom. The minimum absolute atomic E-state index is 0.127. The average molecular weight is 314 g/mol. The monoisotopic (exact) mass is 314 g/mol. The zero-order valence-electron chi connectivity index (χ0n) is 12.2. The highest BCUT2D eigenvalue weighted by Gasteiger charge is 2.08. The van der Waals surface area contributed by atoms with Gasteiger partial charge < -0.3 is 9.15 Å². The Morgan fingerprint density at radius 1 is 1.05 bits per heavy atom. The van der Waals surface area contributed by atoms with Crippen LogP contribution in [0, 0.1) is 0 Å². The van der Waals surface area contributed by atoms with E-state index < -0.39 is 10.8 Å². The van der Waals surface area contributed by atoms with Crippen LogP contribution in [0.25, 0.3) is 22.3 Å². The molecule has 1 aromatic heterocycles. The smallest absolute Gasteiger partial charge is 0.193 e. The largest absolute Gasteiger partial charge is 0.497 e. The Balaban J connectivity index is 2.12. The van der Waals surface area contributed by atoms with Crippen LogP contribution in [-0.4, -0.2) is 17.6 Å². The first-order chi connectivity index (χ1) is 10.6. The summed E-state index contributed by atoms with van der Waals surface area (Å²) in [4.78, 5) is 13.0. The van der Waals surface area contributed by atoms with Crippen molar-refractivity contribution in [1.29, 1.82) is 0 Å². The Morgan fingerprint density at radius 2 is 1.77 bits per heavy atom. The molecule has 0 N–H and O–H groups in total. The maximum Gasteiger partial charge on any atom is 0.193 e. The molecule has 0 fully saturated rings. The molecule has 0 radical (unpaired) electrons. The summed E-state index contributed by atoms with van der Waals surface area (Å²) < 4.78 is 22.3. The fourth-order valence-corrected chi connectivity index (χ4v) is 2.73. The van der Waals surface area contributed by atoms with Crippen molar-refractivity contribution >= 4 is 21.8 Å². The van der Waals surface area contributed by atoms with Gasteiger partial charge in [-0.25, -0.2) is 0 Å². The molecule has 1 heterocycles. The first-order valence-electron chi connectivity index (χ1n) is 6.64. The van der Waals surface area contributed by atoms with Gasteiger partial charge in [0.1, 0.15) is 17.1 Å². The van der Waals surface area contributed by atoms with Crippen molar-refractivity contribution in [2.45, 2.75) is 4.90 Å². The van der Waals surface area contributed by atoms with E-state index in [9.17, 15) is 9.00 Å². The van der Waals surface area contributed by atoms with E-state index in [1.807, 2.05) is 0 Å². The van der Waals surface area contributed by atoms with Gasteiger partial charge in [-0.3, -0.25) is 9.00 Å². The summed E-state index contributed by atoms with van der Waals surface area (Å²) in [6.07, 6.45) is 1.62. The second-order valence-electron chi connectivity index (χ2n) is 4.82. The molecule has 4 nitrogen and oxygen atoms in total. The summed E-state index contributed by atoms with van der Waals surface area (Å²) in [5, 5.41) is 0.481. The molecule has 0 amide bonds. The van der Waals surface area contributed by atoms with Crippen molar-refractivity contribution in [3.8, 4) is 17.1 Å². The van der Waals surface area contributed by atoms with Crippen molar-refractivity contribution in [2.75, 3.05) is 13.4 Å². The number of rotatable bonds is 3. The molecule has 3 aromatic rings. The van der Waals surface area contributed by atoms with Crippen LogP contribution in [0.4, 0.5) is 0 Å². The van der Waals surface area contributed by atoms with Gasteiger partial charge in [0.15, 0.2) is 5.43 Å². The van der Waals surface area contributed by atoms with E-state index in [-0.39, 0.29) is 5.43 Å². The predicted octanol–water partition coefficient (Wildman–Crippen LogP) is 3.21. The third-order valence-electron chi connectivity index (χ3n) is 3.41. The Kier molecular flexibility index (Phi) is 3.81. The lowest BCUT2D eigenvalue weighted by atomic mass is 10.1. The van der Waals surface area contributed by atoms with Gasteiger partial charge in [-0.2, -0.15) is 0 Å². The fraction of sp³-hybridized carbons (Fsp3) is 0.118. The SMILES string of the molecule is COc1ccc2oc(-c3ccc(S(C)=O)cc3)cc(=O)c2c1. The third kappa shape index (κ3) is 2.67. The molecule has 1 unspecified atom stereocenters. The van der Waals surface area contributed by atoms with Crippen LogP contribution in [0.2, 0.25) is 0 Å². The van der Waals surface area contributed by atoms with Crippen molar-refractivity contribution in [1.82, 2.24) is 0 Å². The highest BCUT2D eigenvalue weighted by molar-refractivity contribution is 7.84. The van der Waals surface area contributed by atoms with E-state index in [4.69, 9.17) is 9.15 Å². The van der Waals surface area contributed by atoms with Crippen LogP contribution < -0.4 is 10.2 Å². The average Bonchev–Trinajstić information content (AvgIpc) is 2.54. The van der Waals surface area contributed by atoms with E-state index in [0.717, 1.165) is 10.5 Å². The normalized spacial score (nSPS) is 12.3. The standard InChI is InChI=1S/C17H14O4S/c1-20-12-5-8-16-14(9-12)15(18)10-17(21-16)11-3-6-13(7-4-11)22(2)19/h3-10H,1-2H3. The van der Waals surface area contributed by atoms with Gasteiger partial charge in [0.05, 0.1) is 12.5 Å². The maximum absolute atomic E-state index is 12.3. The predicted molar refractivity (Wildman–Crippen MR) is 86.8 cm³/mol. The van der Waals surface area contributed by atoms with Crippen molar-refractivity contribution in [2.24, 2.45) is 0 Å². The highest BCUT2D eigenvalue weighted by atomic mass is 32.2. The number of benzene rings is 2. The van der Waals surface area contributed by atoms with Crippen molar-refractivity contribution in [3.05, 3.63) is 58.8 Å². The molecule has 112 valence electrons. The molecule has 5 heteroatoms. The van der Waals surface area contributed by atoms with E-state index in [0.29, 0.717) is 22.5 Å². The molecular weight excluding hydrogens is 300 g/mol. The highest BCUT2D eigenvalue weighted by Crippen LogP contribution is 2.25. The van der Waals surface area contributed by atoms with Gasteiger partial charge >= 0.3 is 0 Å².